The summed E-state index contributed by atoms with van der Waals surface area (Å²) in [6, 6.07) is 23.3. The third-order valence-electron chi connectivity index (χ3n) is 5.27. The van der Waals surface area contributed by atoms with Crippen molar-refractivity contribution < 1.29 is 19.7 Å². The minimum Gasteiger partial charge on any atom is -0.426 e. The lowest BCUT2D eigenvalue weighted by Gasteiger charge is -2.33. The van der Waals surface area contributed by atoms with Gasteiger partial charge in [0.15, 0.2) is 0 Å². The molecule has 0 saturated heterocycles. The second-order valence-corrected chi connectivity index (χ2v) is 7.24. The van der Waals surface area contributed by atoms with Crippen LogP contribution in [0, 0.1) is 6.92 Å². The summed E-state index contributed by atoms with van der Waals surface area (Å²) < 4.78 is 5.47. The van der Waals surface area contributed by atoms with Crippen molar-refractivity contribution in [3.05, 3.63) is 101 Å². The van der Waals surface area contributed by atoms with Crippen LogP contribution in [0.2, 0.25) is 0 Å². The second kappa shape index (κ2) is 8.17. The van der Waals surface area contributed by atoms with Crippen molar-refractivity contribution in [2.24, 2.45) is 0 Å². The number of aliphatic hydroxyl groups is 2. The second-order valence-electron chi connectivity index (χ2n) is 7.24. The molecule has 3 unspecified atom stereocenters. The van der Waals surface area contributed by atoms with E-state index in [-0.39, 0.29) is 6.42 Å². The van der Waals surface area contributed by atoms with E-state index in [1.54, 1.807) is 41.3 Å². The number of carbonyl (C=O) groups excluding carboxylic acids is 1. The van der Waals surface area contributed by atoms with E-state index in [4.69, 9.17) is 4.74 Å². The van der Waals surface area contributed by atoms with E-state index in [9.17, 15) is 15.0 Å². The molecule has 0 amide bonds. The van der Waals surface area contributed by atoms with Crippen LogP contribution in [0.1, 0.15) is 47.2 Å². The SMILES string of the molecule is Cc1ccc(C(CC(=O)Oc2ccccc2)N2C(O)c3ccccc3C2O)cc1. The number of ether oxygens (including phenoxy) is 1. The molecule has 5 nitrogen and oxygen atoms in total. The molecule has 0 spiro atoms. The van der Waals surface area contributed by atoms with E-state index in [1.165, 1.54) is 0 Å². The highest BCUT2D eigenvalue weighted by molar-refractivity contribution is 5.73. The maximum Gasteiger partial charge on any atom is 0.313 e. The first-order valence-corrected chi connectivity index (χ1v) is 9.59. The van der Waals surface area contributed by atoms with E-state index >= 15 is 0 Å². The predicted molar refractivity (Wildman–Crippen MR) is 109 cm³/mol. The first kappa shape index (κ1) is 19.3. The number of benzene rings is 3. The van der Waals surface area contributed by atoms with Crippen molar-refractivity contribution >= 4 is 5.97 Å². The molecule has 29 heavy (non-hydrogen) atoms. The minimum absolute atomic E-state index is 0.0138. The molecule has 0 bridgehead atoms. The Balaban J connectivity index is 1.64. The zero-order valence-electron chi connectivity index (χ0n) is 16.1. The summed E-state index contributed by atoms with van der Waals surface area (Å²) in [4.78, 5) is 14.3. The fourth-order valence-corrected chi connectivity index (χ4v) is 3.78. The normalized spacial score (nSPS) is 19.6. The molecule has 1 heterocycles. The highest BCUT2D eigenvalue weighted by atomic mass is 16.5. The van der Waals surface area contributed by atoms with Crippen LogP contribution in [0.15, 0.2) is 78.9 Å². The average Bonchev–Trinajstić information content (AvgIpc) is 2.98. The zero-order valence-corrected chi connectivity index (χ0v) is 16.1. The highest BCUT2D eigenvalue weighted by Gasteiger charge is 2.41. The van der Waals surface area contributed by atoms with Gasteiger partial charge in [0.25, 0.3) is 0 Å². The Morgan fingerprint density at radius 1 is 0.897 bits per heavy atom. The van der Waals surface area contributed by atoms with E-state index in [0.717, 1.165) is 11.1 Å². The molecular formula is C24H23NO4. The third-order valence-corrected chi connectivity index (χ3v) is 5.27. The first-order valence-electron chi connectivity index (χ1n) is 9.59. The lowest BCUT2D eigenvalue weighted by atomic mass is 10.0. The molecule has 0 fully saturated rings. The van der Waals surface area contributed by atoms with E-state index in [0.29, 0.717) is 16.9 Å². The van der Waals surface area contributed by atoms with Gasteiger partial charge in [-0.25, -0.2) is 4.90 Å². The van der Waals surface area contributed by atoms with Gasteiger partial charge in [-0.2, -0.15) is 0 Å². The van der Waals surface area contributed by atoms with E-state index in [1.807, 2.05) is 49.4 Å². The summed E-state index contributed by atoms with van der Waals surface area (Å²) in [5, 5.41) is 21.8. The maximum atomic E-state index is 12.7. The number of para-hydroxylation sites is 1. The van der Waals surface area contributed by atoms with Crippen LogP contribution in [0.4, 0.5) is 0 Å². The summed E-state index contributed by atoms with van der Waals surface area (Å²) in [6.45, 7) is 1.98. The predicted octanol–water partition coefficient (Wildman–Crippen LogP) is 4.03. The maximum absolute atomic E-state index is 12.7. The van der Waals surface area contributed by atoms with Gasteiger partial charge in [-0.3, -0.25) is 4.79 Å². The van der Waals surface area contributed by atoms with Gasteiger partial charge in [0.2, 0.25) is 0 Å². The fraction of sp³-hybridized carbons (Fsp3) is 0.208. The lowest BCUT2D eigenvalue weighted by Crippen LogP contribution is -2.33. The van der Waals surface area contributed by atoms with Crippen molar-refractivity contribution in [3.8, 4) is 5.75 Å². The largest absolute Gasteiger partial charge is 0.426 e. The first-order chi connectivity index (χ1) is 14.0. The number of rotatable bonds is 5. The smallest absolute Gasteiger partial charge is 0.313 e. The Labute approximate surface area is 169 Å². The summed E-state index contributed by atoms with van der Waals surface area (Å²) in [5.74, 6) is 0.0306. The van der Waals surface area contributed by atoms with Crippen molar-refractivity contribution in [3.63, 3.8) is 0 Å². The number of carbonyl (C=O) groups is 1. The van der Waals surface area contributed by atoms with Crippen molar-refractivity contribution in [1.29, 1.82) is 0 Å². The minimum atomic E-state index is -1.02. The molecule has 1 aliphatic heterocycles. The zero-order chi connectivity index (χ0) is 20.4. The molecule has 3 atom stereocenters. The Morgan fingerprint density at radius 3 is 2.03 bits per heavy atom. The van der Waals surface area contributed by atoms with Gasteiger partial charge in [-0.05, 0) is 24.6 Å². The number of aryl methyl sites for hydroxylation is 1. The van der Waals surface area contributed by atoms with Crippen LogP contribution in [0.3, 0.4) is 0 Å². The van der Waals surface area contributed by atoms with Gasteiger partial charge >= 0.3 is 5.97 Å². The molecular weight excluding hydrogens is 366 g/mol. The molecule has 148 valence electrons. The van der Waals surface area contributed by atoms with Crippen LogP contribution >= 0.6 is 0 Å². The molecule has 5 heteroatoms. The number of hydrogen-bond donors (Lipinski definition) is 2. The van der Waals surface area contributed by atoms with Crippen LogP contribution in [-0.4, -0.2) is 21.1 Å². The monoisotopic (exact) mass is 389 g/mol. The summed E-state index contributed by atoms with van der Waals surface area (Å²) in [5.41, 5.74) is 3.21. The molecule has 3 aromatic rings. The van der Waals surface area contributed by atoms with E-state index < -0.39 is 24.5 Å². The lowest BCUT2D eigenvalue weighted by molar-refractivity contribution is -0.143. The fourth-order valence-electron chi connectivity index (χ4n) is 3.78. The van der Waals surface area contributed by atoms with Crippen molar-refractivity contribution in [1.82, 2.24) is 4.90 Å². The molecule has 0 radical (unpaired) electrons. The summed E-state index contributed by atoms with van der Waals surface area (Å²) >= 11 is 0. The van der Waals surface area contributed by atoms with Gasteiger partial charge in [-0.15, -0.1) is 0 Å². The summed E-state index contributed by atoms with van der Waals surface area (Å²) in [7, 11) is 0. The van der Waals surface area contributed by atoms with Gasteiger partial charge < -0.3 is 14.9 Å². The average molecular weight is 389 g/mol. The number of fused-ring (bicyclic) bond motifs is 1. The van der Waals surface area contributed by atoms with Gasteiger partial charge in [0.05, 0.1) is 12.5 Å². The highest BCUT2D eigenvalue weighted by Crippen LogP contribution is 2.45. The van der Waals surface area contributed by atoms with Crippen LogP contribution in [0.25, 0.3) is 0 Å². The Bertz CT molecular complexity index is 958. The molecule has 3 aromatic carbocycles. The number of hydrogen-bond acceptors (Lipinski definition) is 5. The number of esters is 1. The Hall–Kier alpha value is -2.99. The molecule has 0 aliphatic carbocycles. The van der Waals surface area contributed by atoms with Crippen LogP contribution in [-0.2, 0) is 4.79 Å². The van der Waals surface area contributed by atoms with Crippen molar-refractivity contribution in [2.75, 3.05) is 0 Å². The molecule has 4 rings (SSSR count). The van der Waals surface area contributed by atoms with Gasteiger partial charge in [0, 0.05) is 11.1 Å². The Morgan fingerprint density at radius 2 is 1.45 bits per heavy atom. The Kier molecular flexibility index (Phi) is 5.45. The van der Waals surface area contributed by atoms with Crippen LogP contribution < -0.4 is 4.74 Å². The topological polar surface area (TPSA) is 70.0 Å². The third kappa shape index (κ3) is 3.93. The molecule has 0 aromatic heterocycles. The van der Waals surface area contributed by atoms with Crippen molar-refractivity contribution in [2.45, 2.75) is 31.8 Å². The van der Waals surface area contributed by atoms with Crippen LogP contribution in [0.5, 0.6) is 5.75 Å². The molecule has 1 aliphatic rings. The van der Waals surface area contributed by atoms with Gasteiger partial charge in [-0.1, -0.05) is 72.3 Å². The van der Waals surface area contributed by atoms with E-state index in [2.05, 4.69) is 0 Å². The number of nitrogens with zero attached hydrogens (tertiary/aromatic N) is 1. The quantitative estimate of drug-likeness (QED) is 0.509. The summed E-state index contributed by atoms with van der Waals surface area (Å²) in [6.07, 6.45) is -2.05. The molecule has 0 saturated carbocycles. The van der Waals surface area contributed by atoms with Gasteiger partial charge in [0.1, 0.15) is 18.2 Å². The molecule has 2 N–H and O–H groups in total. The standard InChI is InChI=1S/C24H23NO4/c1-16-11-13-17(14-12-16)21(15-22(26)29-18-7-3-2-4-8-18)25-23(27)19-9-5-6-10-20(19)24(25)28/h2-14,21,23-24,27-28H,15H2,1H3. The number of aliphatic hydroxyl groups excluding tert-OH is 2.